The smallest absolute Gasteiger partial charge is 0.134 e. The summed E-state index contributed by atoms with van der Waals surface area (Å²) in [6.45, 7) is 7.58. The molecule has 0 amide bonds. The van der Waals surface area contributed by atoms with Gasteiger partial charge in [0.25, 0.3) is 0 Å². The Morgan fingerprint density at radius 2 is 0.676 bits per heavy atom. The molecule has 0 aliphatic heterocycles. The van der Waals surface area contributed by atoms with Gasteiger partial charge in [0, 0.05) is 10.7 Å². The molecular formula is C22H34Br4O8. The summed E-state index contributed by atoms with van der Waals surface area (Å²) in [5.41, 5.74) is 0. The van der Waals surface area contributed by atoms with Crippen LogP contribution in [-0.4, -0.2) is 103 Å². The summed E-state index contributed by atoms with van der Waals surface area (Å²) in [6.07, 6.45) is 0. The van der Waals surface area contributed by atoms with Crippen molar-refractivity contribution in [3.63, 3.8) is 0 Å². The normalized spacial score (nSPS) is 11.2. The van der Waals surface area contributed by atoms with E-state index in [0.717, 1.165) is 19.6 Å². The van der Waals surface area contributed by atoms with Gasteiger partial charge in [0.05, 0.1) is 88.2 Å². The Morgan fingerprint density at radius 3 is 0.971 bits per heavy atom. The first-order valence-electron chi connectivity index (χ1n) is 11.0. The molecule has 0 aliphatic rings. The minimum absolute atomic E-state index is 0.429. The van der Waals surface area contributed by atoms with Crippen molar-refractivity contribution in [3.8, 4) is 11.5 Å². The van der Waals surface area contributed by atoms with Crippen LogP contribution >= 0.6 is 63.7 Å². The number of alkyl halides is 2. The zero-order chi connectivity index (χ0) is 24.7. The van der Waals surface area contributed by atoms with Crippen molar-refractivity contribution in [1.82, 2.24) is 0 Å². The summed E-state index contributed by atoms with van der Waals surface area (Å²) in [5, 5.41) is 1.67. The quantitative estimate of drug-likeness (QED) is 0.110. The van der Waals surface area contributed by atoms with E-state index in [-0.39, 0.29) is 0 Å². The summed E-state index contributed by atoms with van der Waals surface area (Å²) >= 11 is 13.6. The highest BCUT2D eigenvalue weighted by atomic mass is 79.9. The fourth-order valence-electron chi connectivity index (χ4n) is 2.35. The van der Waals surface area contributed by atoms with Crippen LogP contribution in [0, 0.1) is 0 Å². The summed E-state index contributed by atoms with van der Waals surface area (Å²) < 4.78 is 45.6. The third-order valence-corrected chi connectivity index (χ3v) is 5.77. The average Bonchev–Trinajstić information content (AvgIpc) is 2.83. The van der Waals surface area contributed by atoms with Crippen LogP contribution in [-0.2, 0) is 28.4 Å². The molecule has 0 bridgehead atoms. The molecule has 0 spiro atoms. The van der Waals surface area contributed by atoms with Gasteiger partial charge < -0.3 is 37.9 Å². The van der Waals surface area contributed by atoms with Crippen LogP contribution in [0.25, 0.3) is 0 Å². The molecular weight excluding hydrogens is 712 g/mol. The highest BCUT2D eigenvalue weighted by Gasteiger charge is 2.09. The van der Waals surface area contributed by atoms with Crippen LogP contribution in [0.15, 0.2) is 21.1 Å². The molecule has 0 fully saturated rings. The summed E-state index contributed by atoms with van der Waals surface area (Å²) in [6, 6.07) is 3.73. The molecule has 0 N–H and O–H groups in total. The second-order valence-electron chi connectivity index (χ2n) is 6.46. The Bertz CT molecular complexity index is 561. The van der Waals surface area contributed by atoms with Gasteiger partial charge in [0.15, 0.2) is 0 Å². The van der Waals surface area contributed by atoms with E-state index in [9.17, 15) is 0 Å². The van der Waals surface area contributed by atoms with Crippen molar-refractivity contribution in [2.75, 3.05) is 103 Å². The van der Waals surface area contributed by atoms with Crippen molar-refractivity contribution in [2.45, 2.75) is 0 Å². The van der Waals surface area contributed by atoms with Crippen LogP contribution in [0.3, 0.4) is 0 Å². The number of halogens is 4. The molecule has 0 unspecified atom stereocenters. The molecule has 0 aliphatic carbocycles. The molecule has 8 nitrogen and oxygen atoms in total. The lowest BCUT2D eigenvalue weighted by molar-refractivity contribution is 0.0116. The average molecular weight is 746 g/mol. The van der Waals surface area contributed by atoms with Gasteiger partial charge in [-0.2, -0.15) is 0 Å². The van der Waals surface area contributed by atoms with Crippen molar-refractivity contribution in [1.29, 1.82) is 0 Å². The van der Waals surface area contributed by atoms with E-state index < -0.39 is 0 Å². The molecule has 0 atom stereocenters. The molecule has 1 rings (SSSR count). The maximum Gasteiger partial charge on any atom is 0.134 e. The maximum atomic E-state index is 5.78. The Morgan fingerprint density at radius 1 is 0.412 bits per heavy atom. The Balaban J connectivity index is 2.07. The minimum Gasteiger partial charge on any atom is -0.490 e. The molecule has 12 heteroatoms. The van der Waals surface area contributed by atoms with E-state index >= 15 is 0 Å². The second kappa shape index (κ2) is 23.9. The van der Waals surface area contributed by atoms with E-state index in [0.29, 0.717) is 104 Å². The van der Waals surface area contributed by atoms with Gasteiger partial charge in [0.2, 0.25) is 0 Å². The first-order chi connectivity index (χ1) is 16.7. The lowest BCUT2D eigenvalue weighted by Gasteiger charge is -2.13. The fourth-order valence-corrected chi connectivity index (χ4v) is 3.68. The SMILES string of the molecule is BrCCOCCOCCOCCOc1cc(Br)c(OCCOCCOCCOCCBr)cc1Br. The van der Waals surface area contributed by atoms with E-state index in [4.69, 9.17) is 37.9 Å². The Hall–Kier alpha value is 0.500. The van der Waals surface area contributed by atoms with Crippen LogP contribution in [0.5, 0.6) is 11.5 Å². The summed E-state index contributed by atoms with van der Waals surface area (Å²) in [7, 11) is 0. The van der Waals surface area contributed by atoms with Crippen LogP contribution in [0.1, 0.15) is 0 Å². The van der Waals surface area contributed by atoms with Gasteiger partial charge >= 0.3 is 0 Å². The van der Waals surface area contributed by atoms with Crippen molar-refractivity contribution in [2.24, 2.45) is 0 Å². The zero-order valence-electron chi connectivity index (χ0n) is 19.2. The Kier molecular flexibility index (Phi) is 22.8. The molecule has 0 saturated heterocycles. The predicted octanol–water partition coefficient (Wildman–Crippen LogP) is 4.86. The van der Waals surface area contributed by atoms with Gasteiger partial charge in [-0.15, -0.1) is 0 Å². The van der Waals surface area contributed by atoms with Crippen molar-refractivity contribution < 1.29 is 37.9 Å². The summed E-state index contributed by atoms with van der Waals surface area (Å²) in [5.74, 6) is 1.41. The molecule has 0 aromatic heterocycles. The highest BCUT2D eigenvalue weighted by molar-refractivity contribution is 9.11. The largest absolute Gasteiger partial charge is 0.490 e. The molecule has 198 valence electrons. The van der Waals surface area contributed by atoms with Gasteiger partial charge in [-0.1, -0.05) is 31.9 Å². The zero-order valence-corrected chi connectivity index (χ0v) is 25.6. The maximum absolute atomic E-state index is 5.78. The van der Waals surface area contributed by atoms with Crippen LogP contribution in [0.4, 0.5) is 0 Å². The third-order valence-electron chi connectivity index (χ3n) is 3.89. The topological polar surface area (TPSA) is 73.8 Å². The Labute approximate surface area is 236 Å². The van der Waals surface area contributed by atoms with E-state index in [1.807, 2.05) is 12.1 Å². The number of rotatable bonds is 24. The lowest BCUT2D eigenvalue weighted by Crippen LogP contribution is -2.13. The number of benzene rings is 1. The monoisotopic (exact) mass is 742 g/mol. The van der Waals surface area contributed by atoms with Gasteiger partial charge in [-0.25, -0.2) is 0 Å². The van der Waals surface area contributed by atoms with Crippen molar-refractivity contribution in [3.05, 3.63) is 21.1 Å². The predicted molar refractivity (Wildman–Crippen MR) is 145 cm³/mol. The third kappa shape index (κ3) is 17.9. The summed E-state index contributed by atoms with van der Waals surface area (Å²) in [4.78, 5) is 0. The number of ether oxygens (including phenoxy) is 8. The van der Waals surface area contributed by atoms with Crippen LogP contribution in [0.2, 0.25) is 0 Å². The molecule has 1 aromatic carbocycles. The molecule has 0 heterocycles. The number of hydrogen-bond donors (Lipinski definition) is 0. The van der Waals surface area contributed by atoms with Gasteiger partial charge in [-0.3, -0.25) is 0 Å². The molecule has 0 radical (unpaired) electrons. The standard InChI is InChI=1S/C22H34Br4O8/c23-1-3-27-5-7-29-9-11-31-13-15-33-21-17-20(26)22(18-19(21)25)34-16-14-32-12-10-30-8-6-28-4-2-24/h17-18H,1-16H2. The molecule has 1 aromatic rings. The molecule has 34 heavy (non-hydrogen) atoms. The lowest BCUT2D eigenvalue weighted by atomic mass is 10.3. The van der Waals surface area contributed by atoms with Crippen molar-refractivity contribution >= 4 is 63.7 Å². The van der Waals surface area contributed by atoms with Gasteiger partial charge in [0.1, 0.15) is 24.7 Å². The fraction of sp³-hybridized carbons (Fsp3) is 0.727. The van der Waals surface area contributed by atoms with Crippen LogP contribution < -0.4 is 9.47 Å². The first kappa shape index (κ1) is 32.5. The molecule has 0 saturated carbocycles. The van der Waals surface area contributed by atoms with Gasteiger partial charge in [-0.05, 0) is 44.0 Å². The minimum atomic E-state index is 0.429. The number of hydrogen-bond acceptors (Lipinski definition) is 8. The first-order valence-corrected chi connectivity index (χ1v) is 14.8. The van der Waals surface area contributed by atoms with E-state index in [1.165, 1.54) is 0 Å². The highest BCUT2D eigenvalue weighted by Crippen LogP contribution is 2.36. The van der Waals surface area contributed by atoms with E-state index in [2.05, 4.69) is 63.7 Å². The van der Waals surface area contributed by atoms with E-state index in [1.54, 1.807) is 0 Å². The second-order valence-corrected chi connectivity index (χ2v) is 9.76.